The second kappa shape index (κ2) is 5.21. The molecule has 1 aliphatic rings. The number of nitrogens with zero attached hydrogens (tertiary/aromatic N) is 1. The van der Waals surface area contributed by atoms with Crippen LogP contribution in [-0.2, 0) is 4.74 Å². The highest BCUT2D eigenvalue weighted by atomic mass is 16.5. The minimum absolute atomic E-state index is 0.0383. The summed E-state index contributed by atoms with van der Waals surface area (Å²) in [4.78, 5) is 25.4. The second-order valence-electron chi connectivity index (χ2n) is 4.56. The van der Waals surface area contributed by atoms with Crippen LogP contribution in [0.2, 0.25) is 0 Å². The fourth-order valence-corrected chi connectivity index (χ4v) is 2.27. The van der Waals surface area contributed by atoms with E-state index in [2.05, 4.69) is 11.7 Å². The number of hydrogen-bond donors (Lipinski definition) is 0. The van der Waals surface area contributed by atoms with E-state index in [0.717, 1.165) is 19.4 Å². The number of esters is 1. The highest BCUT2D eigenvalue weighted by Crippen LogP contribution is 2.19. The third-order valence-corrected chi connectivity index (χ3v) is 3.37. The molecule has 1 amide bonds. The molecule has 0 spiro atoms. The molecule has 2 rings (SSSR count). The minimum atomic E-state index is -0.386. The molecule has 1 aliphatic heterocycles. The summed E-state index contributed by atoms with van der Waals surface area (Å²) in [6, 6.07) is 6.91. The molecule has 1 heterocycles. The molecule has 0 aromatic heterocycles. The van der Waals surface area contributed by atoms with Crippen LogP contribution in [0.3, 0.4) is 0 Å². The number of hydrogen-bond acceptors (Lipinski definition) is 3. The van der Waals surface area contributed by atoms with Gasteiger partial charge in [-0.15, -0.1) is 0 Å². The summed E-state index contributed by atoms with van der Waals surface area (Å²) in [7, 11) is 1.34. The standard InChI is InChI=1S/C14H17NO3/c1-10-4-3-9-15(10)13(16)11-5-7-12(8-6-11)14(17)18-2/h5-8,10H,3-4,9H2,1-2H3. The Kier molecular flexibility index (Phi) is 3.65. The monoisotopic (exact) mass is 247 g/mol. The molecule has 1 aromatic rings. The summed E-state index contributed by atoms with van der Waals surface area (Å²) in [5.41, 5.74) is 1.08. The molecule has 1 atom stereocenters. The molecule has 18 heavy (non-hydrogen) atoms. The van der Waals surface area contributed by atoms with Crippen molar-refractivity contribution in [3.8, 4) is 0 Å². The van der Waals surface area contributed by atoms with Crippen molar-refractivity contribution in [2.24, 2.45) is 0 Å². The van der Waals surface area contributed by atoms with E-state index in [1.807, 2.05) is 4.90 Å². The highest BCUT2D eigenvalue weighted by molar-refractivity contribution is 5.96. The first-order chi connectivity index (χ1) is 8.63. The zero-order valence-corrected chi connectivity index (χ0v) is 10.7. The number of likely N-dealkylation sites (tertiary alicyclic amines) is 1. The van der Waals surface area contributed by atoms with Crippen LogP contribution in [0, 0.1) is 0 Å². The van der Waals surface area contributed by atoms with E-state index in [-0.39, 0.29) is 11.9 Å². The summed E-state index contributed by atoms with van der Waals surface area (Å²) in [6.07, 6.45) is 2.12. The van der Waals surface area contributed by atoms with Crippen LogP contribution in [0.4, 0.5) is 0 Å². The Labute approximate surface area is 107 Å². The van der Waals surface area contributed by atoms with Crippen LogP contribution in [0.25, 0.3) is 0 Å². The van der Waals surface area contributed by atoms with Crippen molar-refractivity contribution in [1.29, 1.82) is 0 Å². The molecule has 1 fully saturated rings. The molecule has 0 N–H and O–H groups in total. The van der Waals surface area contributed by atoms with Crippen LogP contribution in [0.5, 0.6) is 0 Å². The fraction of sp³-hybridized carbons (Fsp3) is 0.429. The summed E-state index contributed by atoms with van der Waals surface area (Å²) in [5, 5.41) is 0. The fourth-order valence-electron chi connectivity index (χ4n) is 2.27. The molecule has 1 aromatic carbocycles. The normalized spacial score (nSPS) is 18.8. The first-order valence-electron chi connectivity index (χ1n) is 6.13. The maximum absolute atomic E-state index is 12.2. The van der Waals surface area contributed by atoms with Crippen molar-refractivity contribution in [2.45, 2.75) is 25.8 Å². The van der Waals surface area contributed by atoms with Crippen LogP contribution in [0.1, 0.15) is 40.5 Å². The van der Waals surface area contributed by atoms with Crippen LogP contribution in [-0.4, -0.2) is 36.5 Å². The Morgan fingerprint density at radius 2 is 1.83 bits per heavy atom. The largest absolute Gasteiger partial charge is 0.465 e. The first-order valence-corrected chi connectivity index (χ1v) is 6.13. The summed E-state index contributed by atoms with van der Waals surface area (Å²) >= 11 is 0. The lowest BCUT2D eigenvalue weighted by Crippen LogP contribution is -2.33. The minimum Gasteiger partial charge on any atom is -0.465 e. The summed E-state index contributed by atoms with van der Waals surface area (Å²) in [5.74, 6) is -0.347. The topological polar surface area (TPSA) is 46.6 Å². The van der Waals surface area contributed by atoms with Gasteiger partial charge in [0.1, 0.15) is 0 Å². The van der Waals surface area contributed by atoms with Gasteiger partial charge in [0.25, 0.3) is 5.91 Å². The Bertz CT molecular complexity index is 453. The van der Waals surface area contributed by atoms with E-state index in [9.17, 15) is 9.59 Å². The number of methoxy groups -OCH3 is 1. The number of carbonyl (C=O) groups is 2. The molecule has 96 valence electrons. The number of ether oxygens (including phenoxy) is 1. The van der Waals surface area contributed by atoms with Crippen molar-refractivity contribution in [3.63, 3.8) is 0 Å². The predicted molar refractivity (Wildman–Crippen MR) is 67.5 cm³/mol. The number of amides is 1. The second-order valence-corrected chi connectivity index (χ2v) is 4.56. The van der Waals surface area contributed by atoms with Gasteiger partial charge in [-0.3, -0.25) is 4.79 Å². The van der Waals surface area contributed by atoms with Gasteiger partial charge in [0.15, 0.2) is 0 Å². The van der Waals surface area contributed by atoms with Crippen molar-refractivity contribution in [1.82, 2.24) is 4.90 Å². The number of carbonyl (C=O) groups excluding carboxylic acids is 2. The van der Waals surface area contributed by atoms with Gasteiger partial charge >= 0.3 is 5.97 Å². The zero-order valence-electron chi connectivity index (χ0n) is 10.7. The van der Waals surface area contributed by atoms with Crippen molar-refractivity contribution >= 4 is 11.9 Å². The lowest BCUT2D eigenvalue weighted by molar-refractivity contribution is 0.0599. The average Bonchev–Trinajstić information content (AvgIpc) is 2.83. The van der Waals surface area contributed by atoms with Crippen molar-refractivity contribution in [3.05, 3.63) is 35.4 Å². The van der Waals surface area contributed by atoms with E-state index in [4.69, 9.17) is 0 Å². The molecule has 0 saturated carbocycles. The lowest BCUT2D eigenvalue weighted by Gasteiger charge is -2.21. The molecular formula is C14H17NO3. The van der Waals surface area contributed by atoms with E-state index in [1.54, 1.807) is 24.3 Å². The number of rotatable bonds is 2. The van der Waals surface area contributed by atoms with Gasteiger partial charge in [-0.05, 0) is 44.0 Å². The molecule has 0 bridgehead atoms. The molecule has 4 nitrogen and oxygen atoms in total. The van der Waals surface area contributed by atoms with Crippen molar-refractivity contribution < 1.29 is 14.3 Å². The summed E-state index contributed by atoms with van der Waals surface area (Å²) < 4.78 is 4.62. The van der Waals surface area contributed by atoms with E-state index in [1.165, 1.54) is 7.11 Å². The third-order valence-electron chi connectivity index (χ3n) is 3.37. The molecule has 1 saturated heterocycles. The SMILES string of the molecule is COC(=O)c1ccc(C(=O)N2CCCC2C)cc1. The van der Waals surface area contributed by atoms with Gasteiger partial charge in [0.2, 0.25) is 0 Å². The third kappa shape index (κ3) is 2.37. The van der Waals surface area contributed by atoms with Gasteiger partial charge in [-0.2, -0.15) is 0 Å². The molecular weight excluding hydrogens is 230 g/mol. The maximum Gasteiger partial charge on any atom is 0.337 e. The Morgan fingerprint density at radius 3 is 2.33 bits per heavy atom. The molecule has 4 heteroatoms. The van der Waals surface area contributed by atoms with Crippen LogP contribution in [0.15, 0.2) is 24.3 Å². The van der Waals surface area contributed by atoms with Gasteiger partial charge in [-0.25, -0.2) is 4.79 Å². The average molecular weight is 247 g/mol. The van der Waals surface area contributed by atoms with Gasteiger partial charge in [0.05, 0.1) is 12.7 Å². The van der Waals surface area contributed by atoms with Crippen LogP contribution >= 0.6 is 0 Å². The van der Waals surface area contributed by atoms with Gasteiger partial charge < -0.3 is 9.64 Å². The highest BCUT2D eigenvalue weighted by Gasteiger charge is 2.25. The quantitative estimate of drug-likeness (QED) is 0.752. The predicted octanol–water partition coefficient (Wildman–Crippen LogP) is 2.10. The summed E-state index contributed by atoms with van der Waals surface area (Å²) in [6.45, 7) is 2.88. The Hall–Kier alpha value is -1.84. The van der Waals surface area contributed by atoms with E-state index < -0.39 is 0 Å². The van der Waals surface area contributed by atoms with E-state index in [0.29, 0.717) is 17.2 Å². The Balaban J connectivity index is 2.14. The number of benzene rings is 1. The molecule has 0 radical (unpaired) electrons. The van der Waals surface area contributed by atoms with Crippen molar-refractivity contribution in [2.75, 3.05) is 13.7 Å². The molecule has 1 unspecified atom stereocenters. The van der Waals surface area contributed by atoms with Gasteiger partial charge in [-0.1, -0.05) is 0 Å². The van der Waals surface area contributed by atoms with Gasteiger partial charge in [0, 0.05) is 18.2 Å². The smallest absolute Gasteiger partial charge is 0.337 e. The molecule has 0 aliphatic carbocycles. The maximum atomic E-state index is 12.2. The zero-order chi connectivity index (χ0) is 13.1. The van der Waals surface area contributed by atoms with E-state index >= 15 is 0 Å². The lowest BCUT2D eigenvalue weighted by atomic mass is 10.1. The van der Waals surface area contributed by atoms with Crippen LogP contribution < -0.4 is 0 Å². The Morgan fingerprint density at radius 1 is 1.22 bits per heavy atom. The first kappa shape index (κ1) is 12.6.